The molecule has 0 bridgehead atoms. The minimum Gasteiger partial charge on any atom is -0.372 e. The van der Waals surface area contributed by atoms with Gasteiger partial charge < -0.3 is 15.5 Å². The zero-order chi connectivity index (χ0) is 18.6. The van der Waals surface area contributed by atoms with Gasteiger partial charge in [0.2, 0.25) is 5.95 Å². The average molecular weight is 380 g/mol. The monoisotopic (exact) mass is 379 g/mol. The molecular formula is C21H22ClN5. The van der Waals surface area contributed by atoms with E-state index in [1.54, 1.807) is 6.20 Å². The molecule has 0 radical (unpaired) electrons. The maximum absolute atomic E-state index is 6.18. The van der Waals surface area contributed by atoms with Crippen molar-refractivity contribution in [2.75, 3.05) is 28.6 Å². The maximum Gasteiger partial charge on any atom is 0.229 e. The van der Waals surface area contributed by atoms with Crippen molar-refractivity contribution in [2.45, 2.75) is 19.8 Å². The van der Waals surface area contributed by atoms with Crippen LogP contribution in [0.4, 0.5) is 28.8 Å². The lowest BCUT2D eigenvalue weighted by Gasteiger charge is -2.18. The van der Waals surface area contributed by atoms with E-state index in [0.717, 1.165) is 35.8 Å². The molecule has 0 amide bonds. The molecule has 27 heavy (non-hydrogen) atoms. The summed E-state index contributed by atoms with van der Waals surface area (Å²) in [6, 6.07) is 16.1. The number of nitrogens with one attached hydrogen (secondary N) is 2. The molecule has 1 saturated heterocycles. The second kappa shape index (κ2) is 7.84. The zero-order valence-electron chi connectivity index (χ0n) is 15.2. The molecule has 1 aliphatic heterocycles. The van der Waals surface area contributed by atoms with Gasteiger partial charge in [-0.1, -0.05) is 17.7 Å². The van der Waals surface area contributed by atoms with Crippen LogP contribution in [0.1, 0.15) is 18.4 Å². The van der Waals surface area contributed by atoms with E-state index in [2.05, 4.69) is 49.8 Å². The molecule has 0 aliphatic carbocycles. The van der Waals surface area contributed by atoms with E-state index in [1.807, 2.05) is 31.2 Å². The Morgan fingerprint density at radius 1 is 0.926 bits per heavy atom. The van der Waals surface area contributed by atoms with Crippen LogP contribution in [0.25, 0.3) is 0 Å². The van der Waals surface area contributed by atoms with Crippen LogP contribution >= 0.6 is 11.6 Å². The molecule has 0 spiro atoms. The predicted molar refractivity (Wildman–Crippen MR) is 113 cm³/mol. The van der Waals surface area contributed by atoms with E-state index in [9.17, 15) is 0 Å². The lowest BCUT2D eigenvalue weighted by Crippen LogP contribution is -2.17. The standard InChI is InChI=1S/C21H22ClN5/c1-15-4-5-17(14-19(15)22)25-21-23-11-10-20(26-21)24-16-6-8-18(9-7-16)27-12-2-3-13-27/h4-11,14H,2-3,12-13H2,1H3,(H2,23,24,25,26). The number of halogens is 1. The number of aromatic nitrogens is 2. The van der Waals surface area contributed by atoms with E-state index in [0.29, 0.717) is 11.0 Å². The molecule has 5 nitrogen and oxygen atoms in total. The summed E-state index contributed by atoms with van der Waals surface area (Å²) in [5.74, 6) is 1.26. The van der Waals surface area contributed by atoms with Crippen molar-refractivity contribution >= 4 is 40.4 Å². The highest BCUT2D eigenvalue weighted by atomic mass is 35.5. The molecule has 3 aromatic rings. The van der Waals surface area contributed by atoms with Gasteiger partial charge in [-0.2, -0.15) is 4.98 Å². The second-order valence-electron chi connectivity index (χ2n) is 6.72. The molecule has 0 unspecified atom stereocenters. The smallest absolute Gasteiger partial charge is 0.229 e. The van der Waals surface area contributed by atoms with E-state index >= 15 is 0 Å². The molecule has 6 heteroatoms. The van der Waals surface area contributed by atoms with Crippen LogP contribution in [0.15, 0.2) is 54.7 Å². The SMILES string of the molecule is Cc1ccc(Nc2nccc(Nc3ccc(N4CCCC4)cc3)n2)cc1Cl. The first-order valence-corrected chi connectivity index (χ1v) is 9.53. The molecule has 138 valence electrons. The van der Waals surface area contributed by atoms with Gasteiger partial charge in [-0.15, -0.1) is 0 Å². The third kappa shape index (κ3) is 4.31. The van der Waals surface area contributed by atoms with Crippen LogP contribution in [0.2, 0.25) is 5.02 Å². The summed E-state index contributed by atoms with van der Waals surface area (Å²) in [5.41, 5.74) is 4.17. The number of hydrogen-bond acceptors (Lipinski definition) is 5. The summed E-state index contributed by atoms with van der Waals surface area (Å²) < 4.78 is 0. The summed E-state index contributed by atoms with van der Waals surface area (Å²) in [7, 11) is 0. The van der Waals surface area contributed by atoms with Crippen molar-refractivity contribution < 1.29 is 0 Å². The lowest BCUT2D eigenvalue weighted by molar-refractivity contribution is 0.949. The largest absolute Gasteiger partial charge is 0.372 e. The van der Waals surface area contributed by atoms with Gasteiger partial charge >= 0.3 is 0 Å². The molecular weight excluding hydrogens is 358 g/mol. The van der Waals surface area contributed by atoms with Gasteiger partial charge in [0, 0.05) is 41.4 Å². The van der Waals surface area contributed by atoms with Gasteiger partial charge in [-0.05, 0) is 67.8 Å². The van der Waals surface area contributed by atoms with Crippen LogP contribution in [0, 0.1) is 6.92 Å². The van der Waals surface area contributed by atoms with Crippen LogP contribution in [-0.4, -0.2) is 23.1 Å². The van der Waals surface area contributed by atoms with Crippen molar-refractivity contribution in [3.8, 4) is 0 Å². The number of aryl methyl sites for hydroxylation is 1. The fraction of sp³-hybridized carbons (Fsp3) is 0.238. The molecule has 2 N–H and O–H groups in total. The van der Waals surface area contributed by atoms with Gasteiger partial charge in [-0.25, -0.2) is 4.98 Å². The summed E-state index contributed by atoms with van der Waals surface area (Å²) in [6.07, 6.45) is 4.29. The zero-order valence-corrected chi connectivity index (χ0v) is 16.0. The molecule has 1 fully saturated rings. The summed E-state index contributed by atoms with van der Waals surface area (Å²) in [5, 5.41) is 7.24. The Balaban J connectivity index is 1.45. The number of benzene rings is 2. The van der Waals surface area contributed by atoms with E-state index in [4.69, 9.17) is 11.6 Å². The molecule has 1 aromatic heterocycles. The molecule has 2 heterocycles. The van der Waals surface area contributed by atoms with Gasteiger partial charge in [-0.3, -0.25) is 0 Å². The van der Waals surface area contributed by atoms with E-state index in [-0.39, 0.29) is 0 Å². The lowest BCUT2D eigenvalue weighted by atomic mass is 10.2. The Hall–Kier alpha value is -2.79. The van der Waals surface area contributed by atoms with Crippen molar-refractivity contribution in [1.82, 2.24) is 9.97 Å². The normalized spacial score (nSPS) is 13.6. The topological polar surface area (TPSA) is 53.1 Å². The minimum absolute atomic E-state index is 0.522. The highest BCUT2D eigenvalue weighted by molar-refractivity contribution is 6.31. The maximum atomic E-state index is 6.18. The molecule has 0 saturated carbocycles. The highest BCUT2D eigenvalue weighted by Gasteiger charge is 2.11. The summed E-state index contributed by atoms with van der Waals surface area (Å²) in [6.45, 7) is 4.27. The Kier molecular flexibility index (Phi) is 5.12. The average Bonchev–Trinajstić information content (AvgIpc) is 3.21. The van der Waals surface area contributed by atoms with Crippen LogP contribution < -0.4 is 15.5 Å². The molecule has 4 rings (SSSR count). The summed E-state index contributed by atoms with van der Waals surface area (Å²) in [4.78, 5) is 11.2. The Morgan fingerprint density at radius 3 is 2.41 bits per heavy atom. The molecule has 1 aliphatic rings. The van der Waals surface area contributed by atoms with Crippen molar-refractivity contribution in [2.24, 2.45) is 0 Å². The van der Waals surface area contributed by atoms with Gasteiger partial charge in [0.15, 0.2) is 0 Å². The molecule has 2 aromatic carbocycles. The number of rotatable bonds is 5. The van der Waals surface area contributed by atoms with Crippen molar-refractivity contribution in [3.05, 3.63) is 65.3 Å². The second-order valence-corrected chi connectivity index (χ2v) is 7.13. The first kappa shape index (κ1) is 17.6. The van der Waals surface area contributed by atoms with Crippen LogP contribution in [0.5, 0.6) is 0 Å². The first-order chi connectivity index (χ1) is 13.2. The first-order valence-electron chi connectivity index (χ1n) is 9.16. The fourth-order valence-electron chi connectivity index (χ4n) is 3.17. The fourth-order valence-corrected chi connectivity index (χ4v) is 3.35. The molecule has 0 atom stereocenters. The summed E-state index contributed by atoms with van der Waals surface area (Å²) >= 11 is 6.18. The number of hydrogen-bond donors (Lipinski definition) is 2. The number of nitrogens with zero attached hydrogens (tertiary/aromatic N) is 3. The van der Waals surface area contributed by atoms with Gasteiger partial charge in [0.1, 0.15) is 5.82 Å². The number of anilines is 5. The quantitative estimate of drug-likeness (QED) is 0.610. The van der Waals surface area contributed by atoms with Gasteiger partial charge in [0.05, 0.1) is 0 Å². The van der Waals surface area contributed by atoms with Crippen LogP contribution in [0.3, 0.4) is 0 Å². The van der Waals surface area contributed by atoms with Crippen molar-refractivity contribution in [1.29, 1.82) is 0 Å². The Morgan fingerprint density at radius 2 is 1.67 bits per heavy atom. The van der Waals surface area contributed by atoms with E-state index < -0.39 is 0 Å². The Bertz CT molecular complexity index is 920. The third-order valence-electron chi connectivity index (χ3n) is 4.69. The highest BCUT2D eigenvalue weighted by Crippen LogP contribution is 2.25. The Labute approximate surface area is 164 Å². The van der Waals surface area contributed by atoms with Crippen LogP contribution in [-0.2, 0) is 0 Å². The third-order valence-corrected chi connectivity index (χ3v) is 5.10. The minimum atomic E-state index is 0.522. The van der Waals surface area contributed by atoms with Gasteiger partial charge in [0.25, 0.3) is 0 Å². The predicted octanol–water partition coefficient (Wildman–Crippen LogP) is 5.53. The van der Waals surface area contributed by atoms with E-state index in [1.165, 1.54) is 18.5 Å². The van der Waals surface area contributed by atoms with Crippen molar-refractivity contribution in [3.63, 3.8) is 0 Å².